The Bertz CT molecular complexity index is 598. The minimum atomic E-state index is -0.0914. The number of hydrogen-bond acceptors (Lipinski definition) is 1. The largest absolute Gasteiger partial charge is 0.349 e. The Hall–Kier alpha value is -0.730. The molecule has 1 aromatic rings. The molecule has 2 aliphatic rings. The van der Waals surface area contributed by atoms with E-state index in [9.17, 15) is 4.79 Å². The van der Waals surface area contributed by atoms with Gasteiger partial charge in [0.25, 0.3) is 5.91 Å². The lowest BCUT2D eigenvalue weighted by atomic mass is 9.69. The zero-order chi connectivity index (χ0) is 15.4. The molecule has 0 aromatic heterocycles. The molecule has 0 heterocycles. The lowest BCUT2D eigenvalue weighted by Crippen LogP contribution is -2.46. The standard InChI is InChI=1S/C17H21Cl2NO/c1-16(2)10-6-7-17(16,3)14(8-10)20-15(21)12-5-4-11(18)9-13(12)19/h4-5,9-10,14H,6-8H2,1-3H3,(H,20,21). The summed E-state index contributed by atoms with van der Waals surface area (Å²) in [6, 6.07) is 5.24. The minimum absolute atomic E-state index is 0.0914. The SMILES string of the molecule is CC1(C)C2CCC1(C)C(NC(=O)c1ccc(Cl)cc1Cl)C2. The van der Waals surface area contributed by atoms with Crippen LogP contribution in [0.4, 0.5) is 0 Å². The summed E-state index contributed by atoms with van der Waals surface area (Å²) < 4.78 is 0. The predicted molar refractivity (Wildman–Crippen MR) is 86.9 cm³/mol. The zero-order valence-corrected chi connectivity index (χ0v) is 14.2. The number of nitrogens with one attached hydrogen (secondary N) is 1. The van der Waals surface area contributed by atoms with Crippen molar-refractivity contribution in [2.75, 3.05) is 0 Å². The monoisotopic (exact) mass is 325 g/mol. The molecule has 1 aromatic carbocycles. The molecule has 2 nitrogen and oxygen atoms in total. The van der Waals surface area contributed by atoms with E-state index >= 15 is 0 Å². The second kappa shape index (κ2) is 4.89. The van der Waals surface area contributed by atoms with Gasteiger partial charge in [0.1, 0.15) is 0 Å². The zero-order valence-electron chi connectivity index (χ0n) is 12.7. The van der Waals surface area contributed by atoms with Crippen molar-refractivity contribution in [3.8, 4) is 0 Å². The number of halogens is 2. The Morgan fingerprint density at radius 2 is 2.00 bits per heavy atom. The first-order chi connectivity index (χ1) is 9.75. The summed E-state index contributed by atoms with van der Waals surface area (Å²) in [5.74, 6) is 0.611. The molecule has 2 fully saturated rings. The third-order valence-electron chi connectivity index (χ3n) is 6.28. The summed E-state index contributed by atoms with van der Waals surface area (Å²) in [6.07, 6.45) is 3.53. The van der Waals surface area contributed by atoms with Crippen molar-refractivity contribution < 1.29 is 4.79 Å². The fourth-order valence-corrected chi connectivity index (χ4v) is 4.83. The van der Waals surface area contributed by atoms with Crippen LogP contribution in [0.25, 0.3) is 0 Å². The molecule has 3 unspecified atom stereocenters. The van der Waals surface area contributed by atoms with Gasteiger partial charge in [0.2, 0.25) is 0 Å². The van der Waals surface area contributed by atoms with Crippen molar-refractivity contribution in [1.29, 1.82) is 0 Å². The fraction of sp³-hybridized carbons (Fsp3) is 0.588. The van der Waals surface area contributed by atoms with Crippen molar-refractivity contribution >= 4 is 29.1 Å². The van der Waals surface area contributed by atoms with E-state index in [2.05, 4.69) is 26.1 Å². The van der Waals surface area contributed by atoms with E-state index in [4.69, 9.17) is 23.2 Å². The maximum absolute atomic E-state index is 12.5. The molecule has 114 valence electrons. The van der Waals surface area contributed by atoms with Gasteiger partial charge >= 0.3 is 0 Å². The summed E-state index contributed by atoms with van der Waals surface area (Å²) in [6.45, 7) is 6.99. The molecule has 4 heteroatoms. The first-order valence-corrected chi connectivity index (χ1v) is 8.27. The average molecular weight is 326 g/mol. The van der Waals surface area contributed by atoms with Gasteiger partial charge in [0.15, 0.2) is 0 Å². The molecule has 1 N–H and O–H groups in total. The normalized spacial score (nSPS) is 33.2. The molecular formula is C17H21Cl2NO. The van der Waals surface area contributed by atoms with Crippen LogP contribution in [-0.4, -0.2) is 11.9 Å². The maximum atomic E-state index is 12.5. The number of fused-ring (bicyclic) bond motifs is 2. The van der Waals surface area contributed by atoms with Crippen LogP contribution in [-0.2, 0) is 0 Å². The average Bonchev–Trinajstić information content (AvgIpc) is 2.71. The van der Waals surface area contributed by atoms with Crippen LogP contribution in [0.3, 0.4) is 0 Å². The van der Waals surface area contributed by atoms with Gasteiger partial charge in [-0.2, -0.15) is 0 Å². The number of rotatable bonds is 2. The molecule has 1 amide bonds. The van der Waals surface area contributed by atoms with Crippen LogP contribution >= 0.6 is 23.2 Å². The molecule has 21 heavy (non-hydrogen) atoms. The quantitative estimate of drug-likeness (QED) is 0.819. The van der Waals surface area contributed by atoms with E-state index in [-0.39, 0.29) is 22.8 Å². The summed E-state index contributed by atoms with van der Waals surface area (Å²) in [5, 5.41) is 4.17. The second-order valence-electron chi connectivity index (χ2n) is 7.26. The van der Waals surface area contributed by atoms with Crippen molar-refractivity contribution in [2.24, 2.45) is 16.7 Å². The molecule has 0 saturated heterocycles. The van der Waals surface area contributed by atoms with Crippen LogP contribution in [0.1, 0.15) is 50.4 Å². The molecule has 2 aliphatic carbocycles. The summed E-state index contributed by atoms with van der Waals surface area (Å²) >= 11 is 12.0. The molecular weight excluding hydrogens is 305 g/mol. The molecule has 0 aliphatic heterocycles. The third kappa shape index (κ3) is 2.19. The molecule has 3 rings (SSSR count). The van der Waals surface area contributed by atoms with Gasteiger partial charge in [-0.05, 0) is 54.2 Å². The van der Waals surface area contributed by atoms with Gasteiger partial charge in [-0.15, -0.1) is 0 Å². The highest BCUT2D eigenvalue weighted by Crippen LogP contribution is 2.65. The summed E-state index contributed by atoms with van der Waals surface area (Å²) in [5.41, 5.74) is 0.964. The van der Waals surface area contributed by atoms with Crippen LogP contribution in [0.5, 0.6) is 0 Å². The van der Waals surface area contributed by atoms with Gasteiger partial charge in [0.05, 0.1) is 10.6 Å². The topological polar surface area (TPSA) is 29.1 Å². The van der Waals surface area contributed by atoms with E-state index in [0.29, 0.717) is 21.5 Å². The van der Waals surface area contributed by atoms with E-state index in [1.54, 1.807) is 18.2 Å². The fourth-order valence-electron chi connectivity index (χ4n) is 4.33. The highest BCUT2D eigenvalue weighted by Gasteiger charge is 2.61. The van der Waals surface area contributed by atoms with Crippen LogP contribution in [0.15, 0.2) is 18.2 Å². The number of hydrogen-bond donors (Lipinski definition) is 1. The van der Waals surface area contributed by atoms with Crippen LogP contribution < -0.4 is 5.32 Å². The van der Waals surface area contributed by atoms with Gasteiger partial charge in [-0.3, -0.25) is 4.79 Å². The molecule has 0 radical (unpaired) electrons. The van der Waals surface area contributed by atoms with E-state index < -0.39 is 0 Å². The number of carbonyl (C=O) groups is 1. The van der Waals surface area contributed by atoms with Crippen LogP contribution in [0.2, 0.25) is 10.0 Å². The van der Waals surface area contributed by atoms with Crippen molar-refractivity contribution in [3.63, 3.8) is 0 Å². The molecule has 2 saturated carbocycles. The van der Waals surface area contributed by atoms with Gasteiger partial charge in [0, 0.05) is 11.1 Å². The minimum Gasteiger partial charge on any atom is -0.349 e. The van der Waals surface area contributed by atoms with Gasteiger partial charge in [-0.1, -0.05) is 44.0 Å². The smallest absolute Gasteiger partial charge is 0.253 e. The predicted octanol–water partition coefficient (Wildman–Crippen LogP) is 4.94. The van der Waals surface area contributed by atoms with Crippen molar-refractivity contribution in [2.45, 2.75) is 46.1 Å². The first-order valence-electron chi connectivity index (χ1n) is 7.51. The van der Waals surface area contributed by atoms with Gasteiger partial charge < -0.3 is 5.32 Å². The highest BCUT2D eigenvalue weighted by molar-refractivity contribution is 6.36. The summed E-state index contributed by atoms with van der Waals surface area (Å²) in [7, 11) is 0. The Kier molecular flexibility index (Phi) is 3.53. The van der Waals surface area contributed by atoms with E-state index in [1.807, 2.05) is 0 Å². The van der Waals surface area contributed by atoms with Crippen molar-refractivity contribution in [1.82, 2.24) is 5.32 Å². The Morgan fingerprint density at radius 3 is 2.52 bits per heavy atom. The first kappa shape index (κ1) is 15.2. The molecule has 0 spiro atoms. The lowest BCUT2D eigenvalue weighted by molar-refractivity contribution is 0.0826. The highest BCUT2D eigenvalue weighted by atomic mass is 35.5. The Balaban J connectivity index is 1.80. The van der Waals surface area contributed by atoms with Crippen molar-refractivity contribution in [3.05, 3.63) is 33.8 Å². The number of amides is 1. The number of carbonyl (C=O) groups excluding carboxylic acids is 1. The summed E-state index contributed by atoms with van der Waals surface area (Å²) in [4.78, 5) is 12.5. The second-order valence-corrected chi connectivity index (χ2v) is 8.10. The lowest BCUT2D eigenvalue weighted by Gasteiger charge is -2.39. The molecule has 3 atom stereocenters. The Morgan fingerprint density at radius 1 is 1.29 bits per heavy atom. The van der Waals surface area contributed by atoms with Gasteiger partial charge in [-0.25, -0.2) is 0 Å². The maximum Gasteiger partial charge on any atom is 0.253 e. The van der Waals surface area contributed by atoms with E-state index in [0.717, 1.165) is 6.42 Å². The van der Waals surface area contributed by atoms with E-state index in [1.165, 1.54) is 12.8 Å². The molecule has 2 bridgehead atoms. The third-order valence-corrected chi connectivity index (χ3v) is 6.82. The Labute approximate surface area is 136 Å². The van der Waals surface area contributed by atoms with Crippen LogP contribution in [0, 0.1) is 16.7 Å². The number of benzene rings is 1.